The first-order chi connectivity index (χ1) is 9.10. The molecule has 2 heterocycles. The molecular weight excluding hydrogens is 246 g/mol. The number of nitro groups is 1. The van der Waals surface area contributed by atoms with Gasteiger partial charge in [0.15, 0.2) is 0 Å². The van der Waals surface area contributed by atoms with Crippen molar-refractivity contribution in [3.8, 4) is 0 Å². The van der Waals surface area contributed by atoms with E-state index in [1.165, 1.54) is 12.3 Å². The molecule has 0 unspecified atom stereocenters. The highest BCUT2D eigenvalue weighted by atomic mass is 16.6. The highest BCUT2D eigenvalue weighted by molar-refractivity contribution is 5.43. The maximum absolute atomic E-state index is 10.6. The van der Waals surface area contributed by atoms with Gasteiger partial charge in [-0.15, -0.1) is 0 Å². The summed E-state index contributed by atoms with van der Waals surface area (Å²) in [7, 11) is 1.86. The molecule has 0 atom stereocenters. The zero-order chi connectivity index (χ0) is 13.8. The van der Waals surface area contributed by atoms with Gasteiger partial charge in [0.1, 0.15) is 12.0 Å². The van der Waals surface area contributed by atoms with Crippen LogP contribution in [0.4, 0.5) is 11.5 Å². The van der Waals surface area contributed by atoms with Gasteiger partial charge in [-0.2, -0.15) is 5.10 Å². The number of aryl methyl sites for hydroxylation is 1. The Morgan fingerprint density at radius 3 is 2.68 bits per heavy atom. The van der Waals surface area contributed by atoms with Crippen molar-refractivity contribution in [1.82, 2.24) is 14.8 Å². The van der Waals surface area contributed by atoms with Crippen LogP contribution in [0.15, 0.2) is 30.7 Å². The Bertz CT molecular complexity index is 564. The van der Waals surface area contributed by atoms with E-state index in [2.05, 4.69) is 10.1 Å². The molecule has 0 spiro atoms. The average molecular weight is 261 g/mol. The van der Waals surface area contributed by atoms with E-state index < -0.39 is 4.92 Å². The summed E-state index contributed by atoms with van der Waals surface area (Å²) >= 11 is 0. The monoisotopic (exact) mass is 261 g/mol. The van der Waals surface area contributed by atoms with Crippen molar-refractivity contribution in [2.24, 2.45) is 7.05 Å². The molecule has 0 N–H and O–H groups in total. The van der Waals surface area contributed by atoms with Crippen LogP contribution in [0.2, 0.25) is 0 Å². The largest absolute Gasteiger partial charge is 0.352 e. The van der Waals surface area contributed by atoms with Crippen LogP contribution in [0.5, 0.6) is 0 Å². The molecule has 2 rings (SSSR count). The minimum atomic E-state index is -0.450. The smallest absolute Gasteiger partial charge is 0.287 e. The van der Waals surface area contributed by atoms with Crippen LogP contribution in [0.3, 0.4) is 0 Å². The van der Waals surface area contributed by atoms with Gasteiger partial charge < -0.3 is 4.90 Å². The Morgan fingerprint density at radius 1 is 1.42 bits per heavy atom. The SMILES string of the molecule is CCN(Cc1cnn(C)c1)c1ccc([N+](=O)[O-])cn1. The number of nitrogens with zero attached hydrogens (tertiary/aromatic N) is 5. The fraction of sp³-hybridized carbons (Fsp3) is 0.333. The van der Waals surface area contributed by atoms with Gasteiger partial charge >= 0.3 is 0 Å². The van der Waals surface area contributed by atoms with Crippen molar-refractivity contribution in [1.29, 1.82) is 0 Å². The zero-order valence-electron chi connectivity index (χ0n) is 10.9. The molecule has 0 radical (unpaired) electrons. The Hall–Kier alpha value is -2.44. The average Bonchev–Trinajstić information content (AvgIpc) is 2.81. The summed E-state index contributed by atoms with van der Waals surface area (Å²) in [5.41, 5.74) is 1.07. The minimum Gasteiger partial charge on any atom is -0.352 e. The van der Waals surface area contributed by atoms with Crippen LogP contribution in [0, 0.1) is 10.1 Å². The highest BCUT2D eigenvalue weighted by Crippen LogP contribution is 2.17. The third-order valence-corrected chi connectivity index (χ3v) is 2.78. The predicted octanol–water partition coefficient (Wildman–Crippen LogP) is 1.75. The summed E-state index contributed by atoms with van der Waals surface area (Å²) in [5, 5.41) is 14.7. The topological polar surface area (TPSA) is 77.1 Å². The lowest BCUT2D eigenvalue weighted by molar-refractivity contribution is -0.385. The predicted molar refractivity (Wildman–Crippen MR) is 70.8 cm³/mol. The fourth-order valence-electron chi connectivity index (χ4n) is 1.80. The fourth-order valence-corrected chi connectivity index (χ4v) is 1.80. The lowest BCUT2D eigenvalue weighted by Crippen LogP contribution is -2.22. The van der Waals surface area contributed by atoms with E-state index >= 15 is 0 Å². The van der Waals surface area contributed by atoms with E-state index in [0.717, 1.165) is 17.9 Å². The third-order valence-electron chi connectivity index (χ3n) is 2.78. The number of hydrogen-bond donors (Lipinski definition) is 0. The van der Waals surface area contributed by atoms with E-state index in [4.69, 9.17) is 0 Å². The lowest BCUT2D eigenvalue weighted by atomic mass is 10.3. The molecule has 0 aliphatic rings. The normalized spacial score (nSPS) is 10.4. The van der Waals surface area contributed by atoms with E-state index in [1.54, 1.807) is 16.9 Å². The molecule has 7 heteroatoms. The van der Waals surface area contributed by atoms with Crippen LogP contribution in [-0.2, 0) is 13.6 Å². The molecule has 0 amide bonds. The standard InChI is InChI=1S/C12H15N5O2/c1-3-16(9-10-6-14-15(2)8-10)12-5-4-11(7-13-12)17(18)19/h4-8H,3,9H2,1-2H3. The van der Waals surface area contributed by atoms with Crippen molar-refractivity contribution in [3.05, 3.63) is 46.4 Å². The summed E-state index contributed by atoms with van der Waals surface area (Å²) in [4.78, 5) is 16.3. The Morgan fingerprint density at radius 2 is 2.21 bits per heavy atom. The molecule has 0 saturated carbocycles. The van der Waals surface area contributed by atoms with E-state index in [9.17, 15) is 10.1 Å². The molecule has 7 nitrogen and oxygen atoms in total. The molecule has 0 aliphatic carbocycles. The molecule has 2 aromatic rings. The van der Waals surface area contributed by atoms with E-state index in [-0.39, 0.29) is 5.69 Å². The molecule has 0 bridgehead atoms. The number of hydrogen-bond acceptors (Lipinski definition) is 5. The summed E-state index contributed by atoms with van der Waals surface area (Å²) < 4.78 is 1.74. The highest BCUT2D eigenvalue weighted by Gasteiger charge is 2.11. The Balaban J connectivity index is 2.15. The second-order valence-electron chi connectivity index (χ2n) is 4.17. The van der Waals surface area contributed by atoms with Crippen LogP contribution in [0.25, 0.3) is 0 Å². The Labute approximate surface area is 110 Å². The van der Waals surface area contributed by atoms with Gasteiger partial charge in [-0.3, -0.25) is 14.8 Å². The molecule has 19 heavy (non-hydrogen) atoms. The van der Waals surface area contributed by atoms with Crippen LogP contribution >= 0.6 is 0 Å². The van der Waals surface area contributed by atoms with Crippen molar-refractivity contribution in [2.45, 2.75) is 13.5 Å². The van der Waals surface area contributed by atoms with Crippen molar-refractivity contribution in [3.63, 3.8) is 0 Å². The maximum atomic E-state index is 10.6. The van der Waals surface area contributed by atoms with Crippen LogP contribution < -0.4 is 4.90 Å². The van der Waals surface area contributed by atoms with Gasteiger partial charge in [0.2, 0.25) is 0 Å². The quantitative estimate of drug-likeness (QED) is 0.605. The van der Waals surface area contributed by atoms with Gasteiger partial charge in [-0.05, 0) is 13.0 Å². The summed E-state index contributed by atoms with van der Waals surface area (Å²) in [6, 6.07) is 3.13. The first-order valence-electron chi connectivity index (χ1n) is 5.93. The number of aromatic nitrogens is 3. The first-order valence-corrected chi connectivity index (χ1v) is 5.93. The molecule has 0 aliphatic heterocycles. The minimum absolute atomic E-state index is 0.00109. The first kappa shape index (κ1) is 13.0. The second kappa shape index (κ2) is 5.47. The maximum Gasteiger partial charge on any atom is 0.287 e. The number of rotatable bonds is 5. The number of pyridine rings is 1. The van der Waals surface area contributed by atoms with Crippen molar-refractivity contribution in [2.75, 3.05) is 11.4 Å². The molecule has 0 fully saturated rings. The molecule has 0 aromatic carbocycles. The third kappa shape index (κ3) is 3.06. The Kier molecular flexibility index (Phi) is 3.74. The molecule has 2 aromatic heterocycles. The summed E-state index contributed by atoms with van der Waals surface area (Å²) in [6.45, 7) is 3.45. The summed E-state index contributed by atoms with van der Waals surface area (Å²) in [6.07, 6.45) is 5.02. The van der Waals surface area contributed by atoms with Gasteiger partial charge in [0.05, 0.1) is 11.1 Å². The van der Waals surface area contributed by atoms with E-state index in [1.807, 2.05) is 25.1 Å². The van der Waals surface area contributed by atoms with Crippen LogP contribution in [0.1, 0.15) is 12.5 Å². The van der Waals surface area contributed by atoms with E-state index in [0.29, 0.717) is 6.54 Å². The molecule has 0 saturated heterocycles. The van der Waals surface area contributed by atoms with Crippen molar-refractivity contribution < 1.29 is 4.92 Å². The van der Waals surface area contributed by atoms with Gasteiger partial charge in [0.25, 0.3) is 5.69 Å². The molecular formula is C12H15N5O2. The van der Waals surface area contributed by atoms with Crippen molar-refractivity contribution >= 4 is 11.5 Å². The van der Waals surface area contributed by atoms with Gasteiger partial charge in [-0.1, -0.05) is 0 Å². The lowest BCUT2D eigenvalue weighted by Gasteiger charge is -2.20. The second-order valence-corrected chi connectivity index (χ2v) is 4.17. The zero-order valence-corrected chi connectivity index (χ0v) is 10.9. The van der Waals surface area contributed by atoms with Gasteiger partial charge in [-0.25, -0.2) is 4.98 Å². The molecule has 100 valence electrons. The van der Waals surface area contributed by atoms with Gasteiger partial charge in [0, 0.05) is 38.0 Å². The summed E-state index contributed by atoms with van der Waals surface area (Å²) in [5.74, 6) is 0.719. The van der Waals surface area contributed by atoms with Crippen LogP contribution in [-0.4, -0.2) is 26.2 Å². The number of anilines is 1.